The number of piperazine rings is 1. The van der Waals surface area contributed by atoms with E-state index in [1.807, 2.05) is 13.0 Å². The van der Waals surface area contributed by atoms with Crippen LogP contribution < -0.4 is 5.32 Å². The fourth-order valence-electron chi connectivity index (χ4n) is 2.58. The maximum absolute atomic E-state index is 10.1. The maximum Gasteiger partial charge on any atom is 0.162 e. The number of nitrogens with zero attached hydrogens (tertiary/aromatic N) is 1. The van der Waals surface area contributed by atoms with Crippen LogP contribution in [-0.4, -0.2) is 41.3 Å². The van der Waals surface area contributed by atoms with Gasteiger partial charge in [0.1, 0.15) is 0 Å². The molecule has 1 fully saturated rings. The number of para-hydroxylation sites is 1. The minimum absolute atomic E-state index is 0.00715. The number of nitrogens with one attached hydrogen (secondary N) is 1. The van der Waals surface area contributed by atoms with Gasteiger partial charge in [0.15, 0.2) is 11.5 Å². The predicted molar refractivity (Wildman–Crippen MR) is 76.4 cm³/mol. The second-order valence-electron chi connectivity index (χ2n) is 5.18. The van der Waals surface area contributed by atoms with E-state index in [-0.39, 0.29) is 17.5 Å². The summed E-state index contributed by atoms with van der Waals surface area (Å²) < 4.78 is 0. The van der Waals surface area contributed by atoms with Crippen LogP contribution in [0.2, 0.25) is 0 Å². The van der Waals surface area contributed by atoms with Gasteiger partial charge in [-0.25, -0.2) is 0 Å². The first-order chi connectivity index (χ1) is 9.09. The molecular weight excluding hydrogens is 240 g/mol. The van der Waals surface area contributed by atoms with Crippen molar-refractivity contribution in [2.75, 3.05) is 26.2 Å². The Morgan fingerprint density at radius 2 is 2.05 bits per heavy atom. The van der Waals surface area contributed by atoms with Crippen molar-refractivity contribution < 1.29 is 10.2 Å². The second-order valence-corrected chi connectivity index (χ2v) is 5.18. The summed E-state index contributed by atoms with van der Waals surface area (Å²) in [5.41, 5.74) is 1.86. The Labute approximate surface area is 114 Å². The smallest absolute Gasteiger partial charge is 0.162 e. The molecule has 104 valence electrons. The zero-order valence-electron chi connectivity index (χ0n) is 11.4. The van der Waals surface area contributed by atoms with Gasteiger partial charge in [-0.15, -0.1) is 6.58 Å². The summed E-state index contributed by atoms with van der Waals surface area (Å²) in [6, 6.07) is 5.24. The van der Waals surface area contributed by atoms with Crippen molar-refractivity contribution in [1.82, 2.24) is 10.2 Å². The molecule has 0 radical (unpaired) electrons. The lowest BCUT2D eigenvalue weighted by Gasteiger charge is -2.35. The highest BCUT2D eigenvalue weighted by atomic mass is 16.3. The number of hydrogen-bond donors (Lipinski definition) is 3. The van der Waals surface area contributed by atoms with Crippen LogP contribution >= 0.6 is 0 Å². The molecule has 1 aromatic carbocycles. The molecule has 4 heteroatoms. The van der Waals surface area contributed by atoms with E-state index >= 15 is 0 Å². The Morgan fingerprint density at radius 1 is 1.37 bits per heavy atom. The second kappa shape index (κ2) is 6.08. The molecule has 0 spiro atoms. The van der Waals surface area contributed by atoms with E-state index in [0.717, 1.165) is 43.7 Å². The quantitative estimate of drug-likeness (QED) is 0.574. The molecule has 1 aliphatic rings. The highest BCUT2D eigenvalue weighted by Crippen LogP contribution is 2.38. The summed E-state index contributed by atoms with van der Waals surface area (Å²) in [6.45, 7) is 9.75. The van der Waals surface area contributed by atoms with Crippen molar-refractivity contribution in [3.05, 3.63) is 35.9 Å². The van der Waals surface area contributed by atoms with Crippen LogP contribution in [0.4, 0.5) is 0 Å². The number of benzene rings is 1. The van der Waals surface area contributed by atoms with Crippen LogP contribution in [0, 0.1) is 0 Å². The molecule has 0 aliphatic carbocycles. The number of aromatic hydroxyl groups is 2. The van der Waals surface area contributed by atoms with Gasteiger partial charge in [0.05, 0.1) is 0 Å². The summed E-state index contributed by atoms with van der Waals surface area (Å²) >= 11 is 0. The molecule has 1 atom stereocenters. The zero-order chi connectivity index (χ0) is 13.8. The van der Waals surface area contributed by atoms with E-state index in [1.165, 1.54) is 6.07 Å². The lowest BCUT2D eigenvalue weighted by Crippen LogP contribution is -2.45. The molecular formula is C15H22N2O2. The molecule has 1 saturated heterocycles. The van der Waals surface area contributed by atoms with Crippen molar-refractivity contribution in [2.24, 2.45) is 0 Å². The molecule has 2 rings (SSSR count). The molecule has 3 N–H and O–H groups in total. The van der Waals surface area contributed by atoms with E-state index in [4.69, 9.17) is 0 Å². The number of phenolic OH excluding ortho intramolecular Hbond substituents is 2. The zero-order valence-corrected chi connectivity index (χ0v) is 11.4. The topological polar surface area (TPSA) is 55.7 Å². The van der Waals surface area contributed by atoms with Crippen LogP contribution in [-0.2, 0) is 0 Å². The summed E-state index contributed by atoms with van der Waals surface area (Å²) in [5, 5.41) is 23.1. The van der Waals surface area contributed by atoms with Crippen LogP contribution in [0.5, 0.6) is 11.5 Å². The van der Waals surface area contributed by atoms with Gasteiger partial charge in [-0.05, 0) is 19.4 Å². The van der Waals surface area contributed by atoms with Gasteiger partial charge in [-0.3, -0.25) is 4.90 Å². The third kappa shape index (κ3) is 3.28. The molecule has 1 heterocycles. The van der Waals surface area contributed by atoms with E-state index in [2.05, 4.69) is 16.8 Å². The molecule has 19 heavy (non-hydrogen) atoms. The van der Waals surface area contributed by atoms with Gasteiger partial charge in [0.2, 0.25) is 0 Å². The Balaban J connectivity index is 2.30. The maximum atomic E-state index is 10.1. The predicted octanol–water partition coefficient (Wildman–Crippen LogP) is 2.01. The summed E-state index contributed by atoms with van der Waals surface area (Å²) in [4.78, 5) is 2.33. The number of hydrogen-bond acceptors (Lipinski definition) is 4. The highest BCUT2D eigenvalue weighted by molar-refractivity contribution is 5.46. The van der Waals surface area contributed by atoms with Gasteiger partial charge in [-0.2, -0.15) is 0 Å². The first kappa shape index (κ1) is 13.9. The van der Waals surface area contributed by atoms with Crippen molar-refractivity contribution in [2.45, 2.75) is 19.4 Å². The van der Waals surface area contributed by atoms with Crippen LogP contribution in [0.15, 0.2) is 30.4 Å². The third-order valence-electron chi connectivity index (χ3n) is 3.54. The fraction of sp³-hybridized carbons (Fsp3) is 0.467. The normalized spacial score (nSPS) is 18.2. The van der Waals surface area contributed by atoms with E-state index in [1.54, 1.807) is 6.07 Å². The molecule has 1 aliphatic heterocycles. The first-order valence-electron chi connectivity index (χ1n) is 6.69. The standard InChI is InChI=1S/C15H22N2O2/c1-11(2)10-13(17-8-6-16-7-9-17)12-4-3-5-14(18)15(12)19/h3-5,13,16,18-19H,1,6-10H2,2H3/t13-/m1/s1. The molecule has 0 unspecified atom stereocenters. The minimum atomic E-state index is -0.0562. The number of rotatable bonds is 4. The molecule has 4 nitrogen and oxygen atoms in total. The van der Waals surface area contributed by atoms with Crippen LogP contribution in [0.25, 0.3) is 0 Å². The van der Waals surface area contributed by atoms with Gasteiger partial charge in [-0.1, -0.05) is 17.7 Å². The summed E-state index contributed by atoms with van der Waals surface area (Å²) in [6.07, 6.45) is 0.789. The lowest BCUT2D eigenvalue weighted by atomic mass is 9.97. The van der Waals surface area contributed by atoms with Crippen molar-refractivity contribution in [3.63, 3.8) is 0 Å². The first-order valence-corrected chi connectivity index (χ1v) is 6.69. The van der Waals surface area contributed by atoms with Gasteiger partial charge in [0, 0.05) is 37.8 Å². The van der Waals surface area contributed by atoms with Crippen molar-refractivity contribution in [3.8, 4) is 11.5 Å². The Morgan fingerprint density at radius 3 is 2.68 bits per heavy atom. The number of phenols is 2. The van der Waals surface area contributed by atoms with Crippen LogP contribution in [0.1, 0.15) is 24.9 Å². The summed E-state index contributed by atoms with van der Waals surface area (Å²) in [5.74, 6) is -0.0633. The Hall–Kier alpha value is -1.52. The van der Waals surface area contributed by atoms with Crippen molar-refractivity contribution >= 4 is 0 Å². The molecule has 0 bridgehead atoms. The molecule has 0 saturated carbocycles. The fourth-order valence-corrected chi connectivity index (χ4v) is 2.58. The van der Waals surface area contributed by atoms with Gasteiger partial charge >= 0.3 is 0 Å². The van der Waals surface area contributed by atoms with Crippen molar-refractivity contribution in [1.29, 1.82) is 0 Å². The Kier molecular flexibility index (Phi) is 4.45. The molecule has 0 amide bonds. The van der Waals surface area contributed by atoms with Crippen LogP contribution in [0.3, 0.4) is 0 Å². The molecule has 1 aromatic rings. The van der Waals surface area contributed by atoms with E-state index < -0.39 is 0 Å². The molecule has 0 aromatic heterocycles. The average Bonchev–Trinajstić information content (AvgIpc) is 2.40. The largest absolute Gasteiger partial charge is 0.504 e. The highest BCUT2D eigenvalue weighted by Gasteiger charge is 2.25. The minimum Gasteiger partial charge on any atom is -0.504 e. The monoisotopic (exact) mass is 262 g/mol. The lowest BCUT2D eigenvalue weighted by molar-refractivity contribution is 0.169. The van der Waals surface area contributed by atoms with E-state index in [0.29, 0.717) is 0 Å². The van der Waals surface area contributed by atoms with Gasteiger partial charge < -0.3 is 15.5 Å². The average molecular weight is 262 g/mol. The van der Waals surface area contributed by atoms with Gasteiger partial charge in [0.25, 0.3) is 0 Å². The third-order valence-corrected chi connectivity index (χ3v) is 3.54. The Bertz CT molecular complexity index is 453. The SMILES string of the molecule is C=C(C)C[C@H](c1cccc(O)c1O)N1CCNCC1. The van der Waals surface area contributed by atoms with E-state index in [9.17, 15) is 10.2 Å². The summed E-state index contributed by atoms with van der Waals surface area (Å²) in [7, 11) is 0.